The summed E-state index contributed by atoms with van der Waals surface area (Å²) in [5.74, 6) is 2.05. The lowest BCUT2D eigenvalue weighted by Gasteiger charge is -2.31. The summed E-state index contributed by atoms with van der Waals surface area (Å²) in [6.45, 7) is 6.94. The highest BCUT2D eigenvalue weighted by molar-refractivity contribution is 7.99. The molecule has 0 radical (unpaired) electrons. The summed E-state index contributed by atoms with van der Waals surface area (Å²) in [4.78, 5) is 13.7. The van der Waals surface area contributed by atoms with E-state index < -0.39 is 0 Å². The summed E-state index contributed by atoms with van der Waals surface area (Å²) in [7, 11) is 0. The number of hydrogen-bond acceptors (Lipinski definition) is 3. The van der Waals surface area contributed by atoms with Gasteiger partial charge in [0.1, 0.15) is 0 Å². The lowest BCUT2D eigenvalue weighted by molar-refractivity contribution is -0.129. The molecule has 3 nitrogen and oxygen atoms in total. The van der Waals surface area contributed by atoms with Crippen molar-refractivity contribution in [2.24, 2.45) is 0 Å². The maximum atomic E-state index is 11.7. The van der Waals surface area contributed by atoms with Gasteiger partial charge in [0.05, 0.1) is 5.75 Å². The molecule has 1 atom stereocenters. The Morgan fingerprint density at radius 3 is 3.07 bits per heavy atom. The van der Waals surface area contributed by atoms with Crippen LogP contribution in [0.3, 0.4) is 0 Å². The summed E-state index contributed by atoms with van der Waals surface area (Å²) < 4.78 is 0. The molecule has 0 saturated carbocycles. The Morgan fingerprint density at radius 2 is 2.43 bits per heavy atom. The fourth-order valence-electron chi connectivity index (χ4n) is 1.55. The summed E-state index contributed by atoms with van der Waals surface area (Å²) in [6.07, 6.45) is 1.15. The number of carbonyl (C=O) groups excluding carboxylic acids is 1. The molecule has 1 saturated heterocycles. The quantitative estimate of drug-likeness (QED) is 0.710. The SMILES string of the molecule is CCCSCC(=O)N1CCNC(C)C1. The second-order valence-corrected chi connectivity index (χ2v) is 4.85. The second-order valence-electron chi connectivity index (χ2n) is 3.75. The van der Waals surface area contributed by atoms with Crippen molar-refractivity contribution in [3.8, 4) is 0 Å². The number of nitrogens with one attached hydrogen (secondary N) is 1. The first-order valence-corrected chi connectivity index (χ1v) is 6.48. The predicted molar refractivity (Wildman–Crippen MR) is 61.7 cm³/mol. The van der Waals surface area contributed by atoms with Crippen molar-refractivity contribution in [2.45, 2.75) is 26.3 Å². The van der Waals surface area contributed by atoms with Gasteiger partial charge in [0.15, 0.2) is 0 Å². The molecule has 0 bridgehead atoms. The van der Waals surface area contributed by atoms with Crippen LogP contribution in [0.4, 0.5) is 0 Å². The van der Waals surface area contributed by atoms with Crippen molar-refractivity contribution in [1.82, 2.24) is 10.2 Å². The molecule has 1 N–H and O–H groups in total. The van der Waals surface area contributed by atoms with Crippen molar-refractivity contribution in [3.05, 3.63) is 0 Å². The molecule has 1 amide bonds. The number of rotatable bonds is 4. The molecule has 82 valence electrons. The van der Waals surface area contributed by atoms with Gasteiger partial charge in [0.25, 0.3) is 0 Å². The number of carbonyl (C=O) groups is 1. The first-order valence-electron chi connectivity index (χ1n) is 5.33. The highest BCUT2D eigenvalue weighted by atomic mass is 32.2. The Balaban J connectivity index is 2.22. The van der Waals surface area contributed by atoms with Crippen LogP contribution in [-0.4, -0.2) is 48.0 Å². The number of hydrogen-bond donors (Lipinski definition) is 1. The fourth-order valence-corrected chi connectivity index (χ4v) is 2.34. The molecule has 4 heteroatoms. The molecule has 0 aliphatic carbocycles. The minimum atomic E-state index is 0.303. The molecule has 14 heavy (non-hydrogen) atoms. The third-order valence-corrected chi connectivity index (χ3v) is 3.44. The van der Waals surface area contributed by atoms with Crippen LogP contribution in [-0.2, 0) is 4.79 Å². The van der Waals surface area contributed by atoms with Gasteiger partial charge >= 0.3 is 0 Å². The van der Waals surface area contributed by atoms with Gasteiger partial charge in [0, 0.05) is 25.7 Å². The Bertz CT molecular complexity index is 187. The van der Waals surface area contributed by atoms with Gasteiger partial charge in [-0.2, -0.15) is 11.8 Å². The number of thioether (sulfide) groups is 1. The molecule has 1 aliphatic heterocycles. The first-order chi connectivity index (χ1) is 6.74. The van der Waals surface area contributed by atoms with Crippen molar-refractivity contribution in [1.29, 1.82) is 0 Å². The van der Waals surface area contributed by atoms with E-state index in [9.17, 15) is 4.79 Å². The molecule has 0 aromatic heterocycles. The highest BCUT2D eigenvalue weighted by Gasteiger charge is 2.19. The van der Waals surface area contributed by atoms with Crippen LogP contribution in [0.5, 0.6) is 0 Å². The molecular formula is C10H20N2OS. The smallest absolute Gasteiger partial charge is 0.232 e. The number of amides is 1. The summed E-state index contributed by atoms with van der Waals surface area (Å²) in [5.41, 5.74) is 0. The minimum Gasteiger partial charge on any atom is -0.339 e. The molecule has 1 fully saturated rings. The lowest BCUT2D eigenvalue weighted by Crippen LogP contribution is -2.51. The van der Waals surface area contributed by atoms with E-state index in [-0.39, 0.29) is 0 Å². The molecule has 0 spiro atoms. The van der Waals surface area contributed by atoms with Crippen LogP contribution in [0, 0.1) is 0 Å². The zero-order valence-corrected chi connectivity index (χ0v) is 9.90. The molecule has 1 heterocycles. The molecule has 0 aromatic rings. The van der Waals surface area contributed by atoms with E-state index in [0.29, 0.717) is 17.7 Å². The Hall–Kier alpha value is -0.220. The van der Waals surface area contributed by atoms with Crippen molar-refractivity contribution in [2.75, 3.05) is 31.1 Å². The average molecular weight is 216 g/mol. The van der Waals surface area contributed by atoms with Crippen LogP contribution < -0.4 is 5.32 Å². The summed E-state index contributed by atoms with van der Waals surface area (Å²) in [6, 6.07) is 0.448. The highest BCUT2D eigenvalue weighted by Crippen LogP contribution is 2.06. The van der Waals surface area contributed by atoms with E-state index in [4.69, 9.17) is 0 Å². The van der Waals surface area contributed by atoms with Gasteiger partial charge in [-0.05, 0) is 19.1 Å². The van der Waals surface area contributed by atoms with E-state index in [2.05, 4.69) is 19.2 Å². The minimum absolute atomic E-state index is 0.303. The maximum absolute atomic E-state index is 11.7. The normalized spacial score (nSPS) is 22.4. The lowest BCUT2D eigenvalue weighted by atomic mass is 10.2. The first kappa shape index (κ1) is 11.9. The third kappa shape index (κ3) is 3.88. The topological polar surface area (TPSA) is 32.3 Å². The monoisotopic (exact) mass is 216 g/mol. The van der Waals surface area contributed by atoms with Gasteiger partial charge in [0.2, 0.25) is 5.91 Å². The zero-order valence-electron chi connectivity index (χ0n) is 9.08. The Kier molecular flexibility index (Phi) is 5.33. The molecule has 0 aromatic carbocycles. The van der Waals surface area contributed by atoms with Crippen LogP contribution in [0.15, 0.2) is 0 Å². The zero-order chi connectivity index (χ0) is 10.4. The molecular weight excluding hydrogens is 196 g/mol. The number of nitrogens with zero attached hydrogens (tertiary/aromatic N) is 1. The van der Waals surface area contributed by atoms with E-state index in [1.807, 2.05) is 4.90 Å². The van der Waals surface area contributed by atoms with Crippen LogP contribution >= 0.6 is 11.8 Å². The fraction of sp³-hybridized carbons (Fsp3) is 0.900. The van der Waals surface area contributed by atoms with E-state index in [0.717, 1.165) is 31.8 Å². The molecule has 1 rings (SSSR count). The predicted octanol–water partition coefficient (Wildman–Crippen LogP) is 0.950. The summed E-state index contributed by atoms with van der Waals surface area (Å²) in [5, 5.41) is 3.33. The van der Waals surface area contributed by atoms with Crippen molar-refractivity contribution in [3.63, 3.8) is 0 Å². The van der Waals surface area contributed by atoms with Crippen molar-refractivity contribution >= 4 is 17.7 Å². The van der Waals surface area contributed by atoms with E-state index in [1.54, 1.807) is 11.8 Å². The standard InChI is InChI=1S/C10H20N2OS/c1-3-6-14-8-10(13)12-5-4-11-9(2)7-12/h9,11H,3-8H2,1-2H3. The largest absolute Gasteiger partial charge is 0.339 e. The van der Waals surface area contributed by atoms with Gasteiger partial charge in [-0.25, -0.2) is 0 Å². The van der Waals surface area contributed by atoms with Gasteiger partial charge < -0.3 is 10.2 Å². The van der Waals surface area contributed by atoms with E-state index in [1.165, 1.54) is 0 Å². The van der Waals surface area contributed by atoms with Gasteiger partial charge in [-0.15, -0.1) is 0 Å². The molecule has 1 aliphatic rings. The molecule has 1 unspecified atom stereocenters. The van der Waals surface area contributed by atoms with Crippen LogP contribution in [0.2, 0.25) is 0 Å². The van der Waals surface area contributed by atoms with E-state index >= 15 is 0 Å². The van der Waals surface area contributed by atoms with Crippen LogP contribution in [0.1, 0.15) is 20.3 Å². The average Bonchev–Trinajstić information content (AvgIpc) is 2.18. The third-order valence-electron chi connectivity index (χ3n) is 2.30. The van der Waals surface area contributed by atoms with Crippen LogP contribution in [0.25, 0.3) is 0 Å². The van der Waals surface area contributed by atoms with Crippen molar-refractivity contribution < 1.29 is 4.79 Å². The Labute approximate surface area is 90.6 Å². The summed E-state index contributed by atoms with van der Waals surface area (Å²) >= 11 is 1.74. The second kappa shape index (κ2) is 6.30. The number of piperazine rings is 1. The van der Waals surface area contributed by atoms with Gasteiger partial charge in [-0.1, -0.05) is 6.92 Å². The van der Waals surface area contributed by atoms with Gasteiger partial charge in [-0.3, -0.25) is 4.79 Å². The maximum Gasteiger partial charge on any atom is 0.232 e. The Morgan fingerprint density at radius 1 is 1.64 bits per heavy atom.